The smallest absolute Gasteiger partial charge is 0.0945 e. The lowest BCUT2D eigenvalue weighted by atomic mass is 10.2. The van der Waals surface area contributed by atoms with E-state index in [1.165, 1.54) is 32.1 Å². The lowest BCUT2D eigenvalue weighted by Gasteiger charge is -2.11. The molecule has 1 saturated carbocycles. The minimum atomic E-state index is 0.804. The van der Waals surface area contributed by atoms with E-state index in [9.17, 15) is 0 Å². The maximum atomic E-state index is 4.02. The molecule has 0 aromatic carbocycles. The van der Waals surface area contributed by atoms with Crippen molar-refractivity contribution in [1.82, 2.24) is 14.9 Å². The van der Waals surface area contributed by atoms with Crippen molar-refractivity contribution in [3.63, 3.8) is 0 Å². The molecule has 0 amide bonds. The van der Waals surface area contributed by atoms with Gasteiger partial charge in [0.05, 0.1) is 6.33 Å². The predicted octanol–water partition coefficient (Wildman–Crippen LogP) is 1.81. The second-order valence-electron chi connectivity index (χ2n) is 4.09. The average molecular weight is 193 g/mol. The van der Waals surface area contributed by atoms with Crippen molar-refractivity contribution >= 4 is 0 Å². The van der Waals surface area contributed by atoms with Crippen LogP contribution in [0.1, 0.15) is 32.1 Å². The molecular weight excluding hydrogens is 174 g/mol. The van der Waals surface area contributed by atoms with Gasteiger partial charge in [-0.1, -0.05) is 12.8 Å². The van der Waals surface area contributed by atoms with E-state index in [1.54, 1.807) is 0 Å². The van der Waals surface area contributed by atoms with Crippen LogP contribution in [0.3, 0.4) is 0 Å². The number of aryl methyl sites for hydroxylation is 1. The Morgan fingerprint density at radius 1 is 1.36 bits per heavy atom. The maximum Gasteiger partial charge on any atom is 0.0945 e. The van der Waals surface area contributed by atoms with Crippen LogP contribution in [0.25, 0.3) is 0 Å². The fourth-order valence-electron chi connectivity index (χ4n) is 2.12. The number of aromatic nitrogens is 2. The molecule has 0 aliphatic heterocycles. The Kier molecular flexibility index (Phi) is 3.57. The van der Waals surface area contributed by atoms with Gasteiger partial charge in [-0.25, -0.2) is 4.98 Å². The summed E-state index contributed by atoms with van der Waals surface area (Å²) in [5.74, 6) is 0. The first kappa shape index (κ1) is 9.71. The number of nitrogens with zero attached hydrogens (tertiary/aromatic N) is 2. The molecule has 1 aliphatic carbocycles. The minimum absolute atomic E-state index is 0.804. The van der Waals surface area contributed by atoms with E-state index in [0.717, 1.165) is 19.1 Å². The van der Waals surface area contributed by atoms with E-state index in [0.29, 0.717) is 0 Å². The third-order valence-electron chi connectivity index (χ3n) is 2.94. The maximum absolute atomic E-state index is 4.02. The molecule has 1 aromatic rings. The molecule has 1 aromatic heterocycles. The first-order valence-corrected chi connectivity index (χ1v) is 5.64. The van der Waals surface area contributed by atoms with Crippen LogP contribution in [-0.2, 0) is 6.54 Å². The zero-order valence-electron chi connectivity index (χ0n) is 8.65. The summed E-state index contributed by atoms with van der Waals surface area (Å²) in [5, 5.41) is 3.61. The largest absolute Gasteiger partial charge is 0.337 e. The molecule has 0 radical (unpaired) electrons. The standard InChI is InChI=1S/C11H19N3/c1-2-5-11(4-1)13-6-3-8-14-9-7-12-10-14/h7,9-11,13H,1-6,8H2. The Balaban J connectivity index is 1.55. The van der Waals surface area contributed by atoms with Gasteiger partial charge < -0.3 is 9.88 Å². The van der Waals surface area contributed by atoms with Crippen LogP contribution in [0.15, 0.2) is 18.7 Å². The highest BCUT2D eigenvalue weighted by Gasteiger charge is 2.12. The van der Waals surface area contributed by atoms with Crippen molar-refractivity contribution in [2.24, 2.45) is 0 Å². The summed E-state index contributed by atoms with van der Waals surface area (Å²) < 4.78 is 2.14. The number of rotatable bonds is 5. The van der Waals surface area contributed by atoms with Crippen molar-refractivity contribution < 1.29 is 0 Å². The lowest BCUT2D eigenvalue weighted by molar-refractivity contribution is 0.495. The highest BCUT2D eigenvalue weighted by Crippen LogP contribution is 2.17. The topological polar surface area (TPSA) is 29.9 Å². The molecule has 1 N–H and O–H groups in total. The van der Waals surface area contributed by atoms with Crippen LogP contribution in [-0.4, -0.2) is 22.1 Å². The SMILES string of the molecule is c1cn(CCCNC2CCCC2)cn1. The lowest BCUT2D eigenvalue weighted by Crippen LogP contribution is -2.27. The second-order valence-corrected chi connectivity index (χ2v) is 4.09. The first-order valence-electron chi connectivity index (χ1n) is 5.64. The average Bonchev–Trinajstić information content (AvgIpc) is 2.86. The highest BCUT2D eigenvalue weighted by atomic mass is 15.0. The van der Waals surface area contributed by atoms with Crippen LogP contribution in [0, 0.1) is 0 Å². The molecule has 0 atom stereocenters. The van der Waals surface area contributed by atoms with Crippen LogP contribution >= 0.6 is 0 Å². The van der Waals surface area contributed by atoms with Crippen molar-refractivity contribution in [3.8, 4) is 0 Å². The van der Waals surface area contributed by atoms with Gasteiger partial charge in [0.1, 0.15) is 0 Å². The molecule has 14 heavy (non-hydrogen) atoms. The quantitative estimate of drug-likeness (QED) is 0.723. The predicted molar refractivity (Wildman–Crippen MR) is 57.1 cm³/mol. The Morgan fingerprint density at radius 3 is 2.93 bits per heavy atom. The molecule has 1 heterocycles. The van der Waals surface area contributed by atoms with Gasteiger partial charge in [-0.15, -0.1) is 0 Å². The Bertz CT molecular complexity index is 237. The minimum Gasteiger partial charge on any atom is -0.337 e. The van der Waals surface area contributed by atoms with E-state index in [1.807, 2.05) is 18.7 Å². The van der Waals surface area contributed by atoms with Crippen LogP contribution in [0.2, 0.25) is 0 Å². The second kappa shape index (κ2) is 5.15. The summed E-state index contributed by atoms with van der Waals surface area (Å²) in [6.45, 7) is 2.22. The molecule has 1 aliphatic rings. The molecule has 1 fully saturated rings. The molecule has 2 rings (SSSR count). The van der Waals surface area contributed by atoms with Gasteiger partial charge in [0, 0.05) is 25.0 Å². The summed E-state index contributed by atoms with van der Waals surface area (Å²) in [7, 11) is 0. The highest BCUT2D eigenvalue weighted by molar-refractivity contribution is 4.75. The molecule has 0 bridgehead atoms. The van der Waals surface area contributed by atoms with Crippen molar-refractivity contribution in [1.29, 1.82) is 0 Å². The van der Waals surface area contributed by atoms with Gasteiger partial charge in [-0.2, -0.15) is 0 Å². The van der Waals surface area contributed by atoms with Crippen LogP contribution < -0.4 is 5.32 Å². The number of hydrogen-bond donors (Lipinski definition) is 1. The third kappa shape index (κ3) is 2.84. The van der Waals surface area contributed by atoms with Gasteiger partial charge in [0.25, 0.3) is 0 Å². The Hall–Kier alpha value is -0.830. The molecule has 0 spiro atoms. The molecule has 3 nitrogen and oxygen atoms in total. The fourth-order valence-corrected chi connectivity index (χ4v) is 2.12. The normalized spacial score (nSPS) is 17.7. The summed E-state index contributed by atoms with van der Waals surface area (Å²) in [6, 6.07) is 0.804. The fraction of sp³-hybridized carbons (Fsp3) is 0.727. The van der Waals surface area contributed by atoms with Crippen LogP contribution in [0.5, 0.6) is 0 Å². The summed E-state index contributed by atoms with van der Waals surface area (Å²) >= 11 is 0. The van der Waals surface area contributed by atoms with Gasteiger partial charge >= 0.3 is 0 Å². The van der Waals surface area contributed by atoms with E-state index in [4.69, 9.17) is 0 Å². The molecule has 78 valence electrons. The van der Waals surface area contributed by atoms with E-state index in [2.05, 4.69) is 14.9 Å². The molecule has 0 unspecified atom stereocenters. The number of hydrogen-bond acceptors (Lipinski definition) is 2. The van der Waals surface area contributed by atoms with E-state index in [-0.39, 0.29) is 0 Å². The Labute approximate surface area is 85.5 Å². The Morgan fingerprint density at radius 2 is 2.21 bits per heavy atom. The summed E-state index contributed by atoms with van der Waals surface area (Å²) in [4.78, 5) is 4.02. The van der Waals surface area contributed by atoms with E-state index >= 15 is 0 Å². The van der Waals surface area contributed by atoms with Crippen molar-refractivity contribution in [2.75, 3.05) is 6.54 Å². The molecule has 0 saturated heterocycles. The zero-order valence-corrected chi connectivity index (χ0v) is 8.65. The van der Waals surface area contributed by atoms with Gasteiger partial charge in [0.2, 0.25) is 0 Å². The van der Waals surface area contributed by atoms with Gasteiger partial charge in [-0.05, 0) is 25.8 Å². The molecular formula is C11H19N3. The third-order valence-corrected chi connectivity index (χ3v) is 2.94. The first-order chi connectivity index (χ1) is 6.95. The summed E-state index contributed by atoms with van der Waals surface area (Å²) in [5.41, 5.74) is 0. The molecule has 3 heteroatoms. The zero-order chi connectivity index (χ0) is 9.64. The van der Waals surface area contributed by atoms with E-state index < -0.39 is 0 Å². The number of nitrogens with one attached hydrogen (secondary N) is 1. The van der Waals surface area contributed by atoms with Crippen molar-refractivity contribution in [2.45, 2.75) is 44.7 Å². The van der Waals surface area contributed by atoms with Crippen molar-refractivity contribution in [3.05, 3.63) is 18.7 Å². The number of imidazole rings is 1. The van der Waals surface area contributed by atoms with Gasteiger partial charge in [0.15, 0.2) is 0 Å². The van der Waals surface area contributed by atoms with Gasteiger partial charge in [-0.3, -0.25) is 0 Å². The van der Waals surface area contributed by atoms with Crippen LogP contribution in [0.4, 0.5) is 0 Å². The summed E-state index contributed by atoms with van der Waals surface area (Å²) in [6.07, 6.45) is 12.5. The monoisotopic (exact) mass is 193 g/mol.